The first-order valence-corrected chi connectivity index (χ1v) is 4.15. The molecule has 3 heteroatoms. The summed E-state index contributed by atoms with van der Waals surface area (Å²) >= 11 is 0. The highest BCUT2D eigenvalue weighted by molar-refractivity contribution is 5.76. The van der Waals surface area contributed by atoms with Crippen molar-refractivity contribution in [1.82, 2.24) is 5.32 Å². The highest BCUT2D eigenvalue weighted by atomic mass is 16.5. The van der Waals surface area contributed by atoms with Crippen molar-refractivity contribution < 1.29 is 9.53 Å². The lowest BCUT2D eigenvalue weighted by Gasteiger charge is -2.20. The van der Waals surface area contributed by atoms with Crippen molar-refractivity contribution in [2.45, 2.75) is 31.3 Å². The van der Waals surface area contributed by atoms with Crippen molar-refractivity contribution in [3.05, 3.63) is 0 Å². The Labute approximate surface area is 66.1 Å². The van der Waals surface area contributed by atoms with E-state index in [9.17, 15) is 4.79 Å². The zero-order chi connectivity index (χ0) is 7.84. The first-order valence-electron chi connectivity index (χ1n) is 4.15. The van der Waals surface area contributed by atoms with Crippen LogP contribution in [0.25, 0.3) is 0 Å². The van der Waals surface area contributed by atoms with Crippen LogP contribution in [0.15, 0.2) is 0 Å². The van der Waals surface area contributed by atoms with Gasteiger partial charge in [-0.25, -0.2) is 0 Å². The Morgan fingerprint density at radius 2 is 2.36 bits per heavy atom. The lowest BCUT2D eigenvalue weighted by atomic mass is 10.0. The van der Waals surface area contributed by atoms with Crippen LogP contribution in [0.2, 0.25) is 0 Å². The van der Waals surface area contributed by atoms with Crippen molar-refractivity contribution in [2.24, 2.45) is 5.92 Å². The van der Waals surface area contributed by atoms with Gasteiger partial charge in [-0.1, -0.05) is 0 Å². The molecule has 2 aliphatic rings. The number of nitrogens with one attached hydrogen (secondary N) is 1. The molecule has 1 saturated heterocycles. The van der Waals surface area contributed by atoms with E-state index in [-0.39, 0.29) is 12.0 Å². The number of ether oxygens (including phenoxy) is 1. The quantitative estimate of drug-likeness (QED) is 0.553. The second kappa shape index (κ2) is 2.48. The van der Waals surface area contributed by atoms with Crippen molar-refractivity contribution in [1.29, 1.82) is 0 Å². The van der Waals surface area contributed by atoms with Crippen LogP contribution < -0.4 is 5.32 Å². The molecular weight excluding hydrogens is 142 g/mol. The minimum absolute atomic E-state index is 0.00116. The van der Waals surface area contributed by atoms with Crippen molar-refractivity contribution in [3.63, 3.8) is 0 Å². The number of carbonyl (C=O) groups is 1. The first kappa shape index (κ1) is 7.10. The molecule has 62 valence electrons. The maximum Gasteiger partial charge on any atom is 0.323 e. The number of rotatable bonds is 1. The fourth-order valence-corrected chi connectivity index (χ4v) is 2.25. The van der Waals surface area contributed by atoms with E-state index in [1.54, 1.807) is 0 Å². The average Bonchev–Trinajstić information content (AvgIpc) is 2.62. The third-order valence-electron chi connectivity index (χ3n) is 2.81. The van der Waals surface area contributed by atoms with E-state index < -0.39 is 0 Å². The molecule has 0 aromatic heterocycles. The van der Waals surface area contributed by atoms with E-state index in [2.05, 4.69) is 10.1 Å². The van der Waals surface area contributed by atoms with Crippen LogP contribution in [0.1, 0.15) is 19.3 Å². The van der Waals surface area contributed by atoms with Crippen molar-refractivity contribution >= 4 is 5.97 Å². The van der Waals surface area contributed by atoms with Crippen molar-refractivity contribution in [2.75, 3.05) is 7.11 Å². The van der Waals surface area contributed by atoms with Gasteiger partial charge in [0, 0.05) is 6.04 Å². The van der Waals surface area contributed by atoms with Crippen LogP contribution >= 0.6 is 0 Å². The van der Waals surface area contributed by atoms with Gasteiger partial charge in [-0.3, -0.25) is 4.79 Å². The molecule has 11 heavy (non-hydrogen) atoms. The number of piperidine rings is 1. The third kappa shape index (κ3) is 1.03. The van der Waals surface area contributed by atoms with Gasteiger partial charge in [0.2, 0.25) is 0 Å². The molecule has 0 aromatic carbocycles. The number of hydrogen-bond donors (Lipinski definition) is 1. The summed E-state index contributed by atoms with van der Waals surface area (Å²) in [7, 11) is 1.45. The predicted molar refractivity (Wildman–Crippen MR) is 40.1 cm³/mol. The fraction of sp³-hybridized carbons (Fsp3) is 0.875. The molecule has 3 unspecified atom stereocenters. The molecule has 0 spiro atoms. The molecule has 3 nitrogen and oxygen atoms in total. The highest BCUT2D eigenvalue weighted by Gasteiger charge is 2.43. The molecule has 0 amide bonds. The number of carbonyl (C=O) groups excluding carboxylic acids is 1. The van der Waals surface area contributed by atoms with E-state index in [0.717, 1.165) is 0 Å². The van der Waals surface area contributed by atoms with E-state index in [1.807, 2.05) is 0 Å². The zero-order valence-corrected chi connectivity index (χ0v) is 6.67. The summed E-state index contributed by atoms with van der Waals surface area (Å²) in [4.78, 5) is 11.1. The molecule has 1 saturated carbocycles. The van der Waals surface area contributed by atoms with Crippen LogP contribution in [0.3, 0.4) is 0 Å². The lowest BCUT2D eigenvalue weighted by Crippen LogP contribution is -2.42. The maximum absolute atomic E-state index is 11.1. The topological polar surface area (TPSA) is 38.3 Å². The van der Waals surface area contributed by atoms with Gasteiger partial charge in [-0.05, 0) is 25.2 Å². The molecule has 0 radical (unpaired) electrons. The Hall–Kier alpha value is -0.570. The van der Waals surface area contributed by atoms with Gasteiger partial charge in [0.15, 0.2) is 0 Å². The van der Waals surface area contributed by atoms with Crippen molar-refractivity contribution in [3.8, 4) is 0 Å². The first-order chi connectivity index (χ1) is 5.31. The van der Waals surface area contributed by atoms with E-state index >= 15 is 0 Å². The van der Waals surface area contributed by atoms with Crippen LogP contribution in [-0.4, -0.2) is 25.2 Å². The van der Waals surface area contributed by atoms with Gasteiger partial charge in [-0.2, -0.15) is 0 Å². The van der Waals surface area contributed by atoms with Crippen LogP contribution in [0.4, 0.5) is 0 Å². The Bertz CT molecular complexity index is 181. The Kier molecular flexibility index (Phi) is 1.60. The lowest BCUT2D eigenvalue weighted by molar-refractivity contribution is -0.144. The molecule has 2 rings (SSSR count). The Morgan fingerprint density at radius 3 is 2.82 bits per heavy atom. The summed E-state index contributed by atoms with van der Waals surface area (Å²) < 4.78 is 4.69. The molecule has 1 aliphatic carbocycles. The number of fused-ring (bicyclic) bond motifs is 2. The van der Waals surface area contributed by atoms with Crippen LogP contribution in [0.5, 0.6) is 0 Å². The van der Waals surface area contributed by atoms with E-state index in [4.69, 9.17) is 0 Å². The second-order valence-corrected chi connectivity index (χ2v) is 3.44. The molecular formula is C8H13NO2. The highest BCUT2D eigenvalue weighted by Crippen LogP contribution is 2.35. The molecule has 2 bridgehead atoms. The standard InChI is InChI=1S/C8H13NO2/c1-11-8(10)7-5-2-3-6(4-5)9-7/h5-7,9H,2-4H2,1H3. The van der Waals surface area contributed by atoms with Gasteiger partial charge < -0.3 is 10.1 Å². The molecule has 3 atom stereocenters. The van der Waals surface area contributed by atoms with Gasteiger partial charge >= 0.3 is 5.97 Å². The van der Waals surface area contributed by atoms with Gasteiger partial charge in [0.05, 0.1) is 7.11 Å². The molecule has 1 N–H and O–H groups in total. The molecule has 2 fully saturated rings. The van der Waals surface area contributed by atoms with Gasteiger partial charge in [-0.15, -0.1) is 0 Å². The smallest absolute Gasteiger partial charge is 0.323 e. The zero-order valence-electron chi connectivity index (χ0n) is 6.67. The fourth-order valence-electron chi connectivity index (χ4n) is 2.25. The summed E-state index contributed by atoms with van der Waals surface area (Å²) in [5.41, 5.74) is 0. The summed E-state index contributed by atoms with van der Waals surface area (Å²) in [6.45, 7) is 0. The third-order valence-corrected chi connectivity index (χ3v) is 2.81. The number of esters is 1. The Balaban J connectivity index is 2.02. The molecule has 1 heterocycles. The summed E-state index contributed by atoms with van der Waals surface area (Å²) in [5, 5.41) is 3.27. The van der Waals surface area contributed by atoms with E-state index in [1.165, 1.54) is 26.4 Å². The van der Waals surface area contributed by atoms with E-state index in [0.29, 0.717) is 12.0 Å². The second-order valence-electron chi connectivity index (χ2n) is 3.44. The molecule has 1 aliphatic heterocycles. The minimum Gasteiger partial charge on any atom is -0.468 e. The van der Waals surface area contributed by atoms with Gasteiger partial charge in [0.25, 0.3) is 0 Å². The monoisotopic (exact) mass is 155 g/mol. The number of methoxy groups -OCH3 is 1. The minimum atomic E-state index is -0.0859. The van der Waals surface area contributed by atoms with Crippen LogP contribution in [-0.2, 0) is 9.53 Å². The predicted octanol–water partition coefficient (Wildman–Crippen LogP) is 0.300. The van der Waals surface area contributed by atoms with Gasteiger partial charge in [0.1, 0.15) is 6.04 Å². The maximum atomic E-state index is 11.1. The largest absolute Gasteiger partial charge is 0.468 e. The number of hydrogen-bond acceptors (Lipinski definition) is 3. The molecule has 0 aromatic rings. The summed E-state index contributed by atoms with van der Waals surface area (Å²) in [6.07, 6.45) is 3.59. The SMILES string of the molecule is COC(=O)C1NC2CCC1C2. The Morgan fingerprint density at radius 1 is 1.55 bits per heavy atom. The average molecular weight is 155 g/mol. The normalized spacial score (nSPS) is 41.0. The summed E-state index contributed by atoms with van der Waals surface area (Å²) in [5.74, 6) is 0.463. The van der Waals surface area contributed by atoms with Crippen LogP contribution in [0, 0.1) is 5.92 Å². The summed E-state index contributed by atoms with van der Waals surface area (Å²) in [6, 6.07) is 0.586.